The summed E-state index contributed by atoms with van der Waals surface area (Å²) in [7, 11) is 0. The Balaban J connectivity index is 2.15. The number of aliphatic hydroxyl groups excluding tert-OH is 2. The Bertz CT molecular complexity index is 1160. The minimum Gasteiger partial charge on any atom is -0.481 e. The Morgan fingerprint density at radius 1 is 1.16 bits per heavy atom. The number of carboxylic acids is 1. The molecule has 1 aromatic heterocycles. The summed E-state index contributed by atoms with van der Waals surface area (Å²) < 4.78 is 14.0. The van der Waals surface area contributed by atoms with Crippen LogP contribution in [0.4, 0.5) is 4.39 Å². The number of nitrogens with zero attached hydrogens (tertiary/aromatic N) is 1. The number of aliphatic hydroxyl groups is 2. The number of carboxylic acid groups (broad SMARTS) is 1. The fourth-order valence-electron chi connectivity index (χ4n) is 3.82. The zero-order chi connectivity index (χ0) is 23.4. The third-order valence-electron chi connectivity index (χ3n) is 5.36. The second-order valence-electron chi connectivity index (χ2n) is 8.34. The van der Waals surface area contributed by atoms with Gasteiger partial charge >= 0.3 is 5.97 Å². The van der Waals surface area contributed by atoms with Gasteiger partial charge in [0.15, 0.2) is 0 Å². The second-order valence-corrected chi connectivity index (χ2v) is 8.34. The van der Waals surface area contributed by atoms with Gasteiger partial charge in [-0.2, -0.15) is 0 Å². The van der Waals surface area contributed by atoms with E-state index in [2.05, 4.69) is 0 Å². The van der Waals surface area contributed by atoms with Crippen LogP contribution in [0.15, 0.2) is 48.5 Å². The number of hydrogen-bond acceptors (Lipinski definition) is 4. The molecular formula is C26H28FNO4. The van der Waals surface area contributed by atoms with Gasteiger partial charge in [0.05, 0.1) is 29.8 Å². The first kappa shape index (κ1) is 23.6. The molecule has 5 nitrogen and oxygen atoms in total. The van der Waals surface area contributed by atoms with Gasteiger partial charge in [-0.25, -0.2) is 4.39 Å². The third kappa shape index (κ3) is 5.39. The number of carbonyl (C=O) groups is 1. The number of aryl methyl sites for hydroxylation is 1. The minimum atomic E-state index is -1.15. The van der Waals surface area contributed by atoms with E-state index in [0.29, 0.717) is 5.56 Å². The zero-order valence-electron chi connectivity index (χ0n) is 18.4. The molecule has 3 N–H and O–H groups in total. The summed E-state index contributed by atoms with van der Waals surface area (Å²) in [6.07, 6.45) is 0.610. The van der Waals surface area contributed by atoms with E-state index in [-0.39, 0.29) is 18.2 Å². The fourth-order valence-corrected chi connectivity index (χ4v) is 3.82. The van der Waals surface area contributed by atoms with Crippen molar-refractivity contribution in [2.24, 2.45) is 0 Å². The molecule has 0 amide bonds. The normalized spacial score (nSPS) is 13.7. The molecular weight excluding hydrogens is 409 g/mol. The van der Waals surface area contributed by atoms with Gasteiger partial charge in [0.1, 0.15) is 5.82 Å². The predicted octanol–water partition coefficient (Wildman–Crippen LogP) is 5.07. The smallest absolute Gasteiger partial charge is 0.305 e. The van der Waals surface area contributed by atoms with Gasteiger partial charge in [0.2, 0.25) is 0 Å². The van der Waals surface area contributed by atoms with E-state index in [1.807, 2.05) is 38.1 Å². The van der Waals surface area contributed by atoms with E-state index in [1.54, 1.807) is 31.2 Å². The molecule has 0 aliphatic heterocycles. The summed E-state index contributed by atoms with van der Waals surface area (Å²) in [5.41, 5.74) is 4.71. The van der Waals surface area contributed by atoms with Crippen LogP contribution in [0.2, 0.25) is 0 Å². The van der Waals surface area contributed by atoms with E-state index in [9.17, 15) is 19.4 Å². The molecule has 0 bridgehead atoms. The average Bonchev–Trinajstić information content (AvgIpc) is 2.72. The quantitative estimate of drug-likeness (QED) is 0.458. The van der Waals surface area contributed by atoms with E-state index in [1.165, 1.54) is 6.07 Å². The SMILES string of the molecule is Cc1cc(-c2c(/C=C/C(O)CC(O)CC(=O)O)c(C(C)C)nc3ccccc23)ccc1F. The molecule has 0 aliphatic rings. The van der Waals surface area contributed by atoms with Crippen molar-refractivity contribution < 1.29 is 24.5 Å². The molecule has 3 aromatic rings. The lowest BCUT2D eigenvalue weighted by Crippen LogP contribution is -2.19. The summed E-state index contributed by atoms with van der Waals surface area (Å²) in [6, 6.07) is 12.7. The number of hydrogen-bond donors (Lipinski definition) is 3. The van der Waals surface area contributed by atoms with Gasteiger partial charge in [-0.05, 0) is 42.2 Å². The molecule has 2 aromatic carbocycles. The van der Waals surface area contributed by atoms with Crippen LogP contribution in [0.25, 0.3) is 28.1 Å². The Hall–Kier alpha value is -3.09. The van der Waals surface area contributed by atoms with Crippen molar-refractivity contribution >= 4 is 22.9 Å². The van der Waals surface area contributed by atoms with Crippen molar-refractivity contribution in [2.45, 2.75) is 51.7 Å². The number of fused-ring (bicyclic) bond motifs is 1. The van der Waals surface area contributed by atoms with Crippen molar-refractivity contribution in [3.63, 3.8) is 0 Å². The van der Waals surface area contributed by atoms with Crippen LogP contribution < -0.4 is 0 Å². The highest BCUT2D eigenvalue weighted by molar-refractivity contribution is 5.99. The van der Waals surface area contributed by atoms with Crippen LogP contribution in [-0.4, -0.2) is 38.5 Å². The number of pyridine rings is 1. The van der Waals surface area contributed by atoms with E-state index >= 15 is 0 Å². The first-order valence-corrected chi connectivity index (χ1v) is 10.6. The molecule has 0 aliphatic carbocycles. The zero-order valence-corrected chi connectivity index (χ0v) is 18.4. The maximum atomic E-state index is 14.0. The predicted molar refractivity (Wildman–Crippen MR) is 124 cm³/mol. The van der Waals surface area contributed by atoms with Crippen LogP contribution in [0.3, 0.4) is 0 Å². The second kappa shape index (κ2) is 10.0. The molecule has 0 fully saturated rings. The van der Waals surface area contributed by atoms with E-state index < -0.39 is 24.6 Å². The lowest BCUT2D eigenvalue weighted by molar-refractivity contribution is -0.139. The molecule has 2 unspecified atom stereocenters. The van der Waals surface area contributed by atoms with Gasteiger partial charge in [0, 0.05) is 22.9 Å². The molecule has 0 radical (unpaired) electrons. The molecule has 168 valence electrons. The Labute approximate surface area is 186 Å². The molecule has 3 rings (SSSR count). The lowest BCUT2D eigenvalue weighted by atomic mass is 9.89. The van der Waals surface area contributed by atoms with Gasteiger partial charge in [-0.3, -0.25) is 9.78 Å². The molecule has 32 heavy (non-hydrogen) atoms. The third-order valence-corrected chi connectivity index (χ3v) is 5.36. The van der Waals surface area contributed by atoms with Gasteiger partial charge in [0.25, 0.3) is 0 Å². The number of para-hydroxylation sites is 1. The highest BCUT2D eigenvalue weighted by Crippen LogP contribution is 2.37. The first-order valence-electron chi connectivity index (χ1n) is 10.6. The summed E-state index contributed by atoms with van der Waals surface area (Å²) in [5, 5.41) is 29.9. The lowest BCUT2D eigenvalue weighted by Gasteiger charge is -2.18. The monoisotopic (exact) mass is 437 g/mol. The number of halogens is 1. The standard InChI is InChI=1S/C26H28FNO4/c1-15(2)26-21(10-9-18(29)13-19(30)14-24(31)32)25(17-8-11-22(27)16(3)12-17)20-6-4-5-7-23(20)28-26/h4-12,15,18-19,29-30H,13-14H2,1-3H3,(H,31,32)/b10-9+. The molecule has 6 heteroatoms. The minimum absolute atomic E-state index is 0.0781. The maximum absolute atomic E-state index is 14.0. The Kier molecular flexibility index (Phi) is 7.38. The summed E-state index contributed by atoms with van der Waals surface area (Å²) >= 11 is 0. The van der Waals surface area contributed by atoms with Crippen LogP contribution >= 0.6 is 0 Å². The highest BCUT2D eigenvalue weighted by Gasteiger charge is 2.19. The summed E-state index contributed by atoms with van der Waals surface area (Å²) in [6.45, 7) is 5.77. The average molecular weight is 438 g/mol. The van der Waals surface area contributed by atoms with Crippen molar-refractivity contribution in [3.05, 3.63) is 71.2 Å². The summed E-state index contributed by atoms with van der Waals surface area (Å²) in [5.74, 6) is -1.33. The van der Waals surface area contributed by atoms with Crippen LogP contribution in [-0.2, 0) is 4.79 Å². The summed E-state index contributed by atoms with van der Waals surface area (Å²) in [4.78, 5) is 15.6. The van der Waals surface area contributed by atoms with Crippen molar-refractivity contribution in [3.8, 4) is 11.1 Å². The molecule has 0 spiro atoms. The largest absolute Gasteiger partial charge is 0.481 e. The van der Waals surface area contributed by atoms with E-state index in [4.69, 9.17) is 10.1 Å². The van der Waals surface area contributed by atoms with Crippen molar-refractivity contribution in [1.82, 2.24) is 4.98 Å². The molecule has 0 saturated carbocycles. The number of rotatable bonds is 8. The number of aliphatic carboxylic acids is 1. The number of aromatic nitrogens is 1. The first-order chi connectivity index (χ1) is 15.2. The fraction of sp³-hybridized carbons (Fsp3) is 0.308. The van der Waals surface area contributed by atoms with Gasteiger partial charge in [-0.1, -0.05) is 50.3 Å². The van der Waals surface area contributed by atoms with Crippen molar-refractivity contribution in [2.75, 3.05) is 0 Å². The Morgan fingerprint density at radius 3 is 2.53 bits per heavy atom. The van der Waals surface area contributed by atoms with Crippen LogP contribution in [0, 0.1) is 12.7 Å². The van der Waals surface area contributed by atoms with Gasteiger partial charge in [-0.15, -0.1) is 0 Å². The topological polar surface area (TPSA) is 90.7 Å². The number of benzene rings is 2. The maximum Gasteiger partial charge on any atom is 0.305 e. The van der Waals surface area contributed by atoms with Crippen molar-refractivity contribution in [1.29, 1.82) is 0 Å². The molecule has 1 heterocycles. The Morgan fingerprint density at radius 2 is 1.88 bits per heavy atom. The molecule has 2 atom stereocenters. The highest BCUT2D eigenvalue weighted by atomic mass is 19.1. The van der Waals surface area contributed by atoms with Crippen LogP contribution in [0.5, 0.6) is 0 Å². The van der Waals surface area contributed by atoms with Crippen LogP contribution in [0.1, 0.15) is 49.4 Å². The molecule has 0 saturated heterocycles. The van der Waals surface area contributed by atoms with E-state index in [0.717, 1.165) is 33.3 Å². The van der Waals surface area contributed by atoms with Gasteiger partial charge < -0.3 is 15.3 Å².